The molecule has 0 aliphatic heterocycles. The molecule has 0 fully saturated rings. The zero-order valence-electron chi connectivity index (χ0n) is 15.6. The highest BCUT2D eigenvalue weighted by atomic mass is 19.3. The molecule has 2 aromatic carbocycles. The van der Waals surface area contributed by atoms with Gasteiger partial charge in [-0.2, -0.15) is 8.78 Å². The van der Waals surface area contributed by atoms with Crippen molar-refractivity contribution in [3.63, 3.8) is 0 Å². The first kappa shape index (κ1) is 20.4. The van der Waals surface area contributed by atoms with E-state index in [1.54, 1.807) is 25.1 Å². The van der Waals surface area contributed by atoms with Crippen molar-refractivity contribution in [1.29, 1.82) is 0 Å². The molecule has 2 rings (SSSR count). The maximum Gasteiger partial charge on any atom is 0.387 e. The van der Waals surface area contributed by atoms with Gasteiger partial charge in [0.2, 0.25) is 5.91 Å². The molecule has 1 N–H and O–H groups in total. The summed E-state index contributed by atoms with van der Waals surface area (Å²) in [5.74, 6) is -0.113. The van der Waals surface area contributed by atoms with Crippen molar-refractivity contribution in [1.82, 2.24) is 0 Å². The highest BCUT2D eigenvalue weighted by molar-refractivity contribution is 6.02. The topological polar surface area (TPSA) is 47.6 Å². The van der Waals surface area contributed by atoms with Gasteiger partial charge in [-0.15, -0.1) is 0 Å². The summed E-state index contributed by atoms with van der Waals surface area (Å²) in [5.41, 5.74) is 3.49. The van der Waals surface area contributed by atoms with E-state index in [4.69, 9.17) is 4.74 Å². The molecule has 144 valence electrons. The van der Waals surface area contributed by atoms with Gasteiger partial charge < -0.3 is 14.8 Å². The summed E-state index contributed by atoms with van der Waals surface area (Å²) in [6.07, 6.45) is 3.79. The number of hydrogen-bond acceptors (Lipinski definition) is 3. The quantitative estimate of drug-likeness (QED) is 0.645. The van der Waals surface area contributed by atoms with Crippen molar-refractivity contribution in [3.05, 3.63) is 59.2 Å². The first-order chi connectivity index (χ1) is 12.9. The predicted molar refractivity (Wildman–Crippen MR) is 102 cm³/mol. The largest absolute Gasteiger partial charge is 0.490 e. The number of nitrogens with one attached hydrogen (secondary N) is 1. The molecule has 27 heavy (non-hydrogen) atoms. The molecule has 0 aromatic heterocycles. The zero-order chi connectivity index (χ0) is 19.8. The van der Waals surface area contributed by atoms with Crippen molar-refractivity contribution in [2.45, 2.75) is 33.8 Å². The van der Waals surface area contributed by atoms with Crippen molar-refractivity contribution >= 4 is 17.7 Å². The Balaban J connectivity index is 2.15. The van der Waals surface area contributed by atoms with Crippen molar-refractivity contribution in [3.8, 4) is 11.5 Å². The Kier molecular flexibility index (Phi) is 7.34. The Labute approximate surface area is 157 Å². The minimum absolute atomic E-state index is 0.0408. The molecule has 6 heteroatoms. The molecule has 0 bridgehead atoms. The van der Waals surface area contributed by atoms with Crippen LogP contribution in [-0.4, -0.2) is 19.1 Å². The molecule has 0 aliphatic rings. The molecule has 0 atom stereocenters. The third-order valence-electron chi connectivity index (χ3n) is 3.90. The molecule has 0 aliphatic carbocycles. The first-order valence-corrected chi connectivity index (χ1v) is 8.73. The molecular weight excluding hydrogens is 352 g/mol. The van der Waals surface area contributed by atoms with E-state index in [9.17, 15) is 13.6 Å². The number of carbonyl (C=O) groups is 1. The number of anilines is 1. The van der Waals surface area contributed by atoms with Crippen LogP contribution in [0.3, 0.4) is 0 Å². The van der Waals surface area contributed by atoms with E-state index in [1.807, 2.05) is 32.0 Å². The van der Waals surface area contributed by atoms with E-state index in [-0.39, 0.29) is 17.4 Å². The number of rotatable bonds is 8. The summed E-state index contributed by atoms with van der Waals surface area (Å²) >= 11 is 0. The second-order valence-electron chi connectivity index (χ2n) is 5.80. The Hall–Kier alpha value is -2.89. The lowest BCUT2D eigenvalue weighted by Gasteiger charge is -2.12. The van der Waals surface area contributed by atoms with Gasteiger partial charge in [0.05, 0.1) is 6.61 Å². The summed E-state index contributed by atoms with van der Waals surface area (Å²) in [4.78, 5) is 12.3. The minimum Gasteiger partial charge on any atom is -0.490 e. The Morgan fingerprint density at radius 3 is 2.63 bits per heavy atom. The Bertz CT molecular complexity index is 819. The Morgan fingerprint density at radius 2 is 1.96 bits per heavy atom. The number of carbonyl (C=O) groups excluding carboxylic acids is 1. The number of para-hydroxylation sites is 1. The van der Waals surface area contributed by atoms with E-state index in [0.29, 0.717) is 12.2 Å². The van der Waals surface area contributed by atoms with Gasteiger partial charge in [0.1, 0.15) is 0 Å². The highest BCUT2D eigenvalue weighted by Gasteiger charge is 2.11. The lowest BCUT2D eigenvalue weighted by molar-refractivity contribution is -0.111. The normalized spacial score (nSPS) is 11.0. The van der Waals surface area contributed by atoms with E-state index >= 15 is 0 Å². The van der Waals surface area contributed by atoms with Gasteiger partial charge in [-0.3, -0.25) is 4.79 Å². The second-order valence-corrected chi connectivity index (χ2v) is 5.80. The summed E-state index contributed by atoms with van der Waals surface area (Å²) in [6, 6.07) is 10.4. The number of amides is 1. The summed E-state index contributed by atoms with van der Waals surface area (Å²) in [6.45, 7) is 3.08. The summed E-state index contributed by atoms with van der Waals surface area (Å²) < 4.78 is 34.7. The third kappa shape index (κ3) is 5.81. The van der Waals surface area contributed by atoms with E-state index in [1.165, 1.54) is 12.1 Å². The Morgan fingerprint density at radius 1 is 1.19 bits per heavy atom. The van der Waals surface area contributed by atoms with Crippen LogP contribution in [0.1, 0.15) is 30.5 Å². The van der Waals surface area contributed by atoms with Crippen LogP contribution in [-0.2, 0) is 11.2 Å². The molecule has 0 saturated carbocycles. The number of hydrogen-bond donors (Lipinski definition) is 1. The van der Waals surface area contributed by atoms with E-state index < -0.39 is 6.61 Å². The smallest absolute Gasteiger partial charge is 0.387 e. The third-order valence-corrected chi connectivity index (χ3v) is 3.90. The molecule has 0 spiro atoms. The lowest BCUT2D eigenvalue weighted by atomic mass is 10.1. The monoisotopic (exact) mass is 375 g/mol. The highest BCUT2D eigenvalue weighted by Crippen LogP contribution is 2.30. The van der Waals surface area contributed by atoms with Crippen LogP contribution in [0.15, 0.2) is 42.5 Å². The van der Waals surface area contributed by atoms with E-state index in [2.05, 4.69) is 10.1 Å². The summed E-state index contributed by atoms with van der Waals surface area (Å²) in [5, 5.41) is 2.90. The number of ether oxygens (including phenoxy) is 2. The fraction of sp³-hybridized carbons (Fsp3) is 0.286. The van der Waals surface area contributed by atoms with Crippen LogP contribution >= 0.6 is 0 Å². The van der Waals surface area contributed by atoms with Crippen molar-refractivity contribution in [2.75, 3.05) is 11.9 Å². The zero-order valence-corrected chi connectivity index (χ0v) is 15.6. The second kappa shape index (κ2) is 9.71. The van der Waals surface area contributed by atoms with Crippen LogP contribution in [0.5, 0.6) is 11.5 Å². The van der Waals surface area contributed by atoms with Crippen LogP contribution < -0.4 is 14.8 Å². The van der Waals surface area contributed by atoms with E-state index in [0.717, 1.165) is 23.2 Å². The SMILES string of the molecule is CCOc1cc(/C=C/C(=O)Nc2c(C)cccc2CC)ccc1OC(F)F. The number of benzene rings is 2. The number of halogens is 2. The van der Waals surface area contributed by atoms with Gasteiger partial charge in [0, 0.05) is 11.8 Å². The van der Waals surface area contributed by atoms with Crippen molar-refractivity contribution < 1.29 is 23.0 Å². The fourth-order valence-electron chi connectivity index (χ4n) is 2.63. The van der Waals surface area contributed by atoms with Crippen LogP contribution in [0.2, 0.25) is 0 Å². The van der Waals surface area contributed by atoms with Gasteiger partial charge in [-0.25, -0.2) is 0 Å². The molecule has 0 unspecified atom stereocenters. The standard InChI is InChI=1S/C21H23F2NO3/c1-4-16-8-6-7-14(3)20(16)24-19(25)12-10-15-9-11-17(27-21(22)23)18(13-15)26-5-2/h6-13,21H,4-5H2,1-3H3,(H,24,25)/b12-10+. The average molecular weight is 375 g/mol. The molecule has 0 heterocycles. The number of alkyl halides is 2. The number of aryl methyl sites for hydroxylation is 2. The lowest BCUT2D eigenvalue weighted by Crippen LogP contribution is -2.11. The molecule has 1 amide bonds. The predicted octanol–water partition coefficient (Wildman–Crippen LogP) is 5.21. The first-order valence-electron chi connectivity index (χ1n) is 8.73. The van der Waals surface area contributed by atoms with Gasteiger partial charge in [-0.05, 0) is 55.2 Å². The van der Waals surface area contributed by atoms with Crippen LogP contribution in [0.25, 0.3) is 6.08 Å². The van der Waals surface area contributed by atoms with Crippen LogP contribution in [0.4, 0.5) is 14.5 Å². The van der Waals surface area contributed by atoms with Crippen LogP contribution in [0, 0.1) is 6.92 Å². The van der Waals surface area contributed by atoms with Crippen molar-refractivity contribution in [2.24, 2.45) is 0 Å². The minimum atomic E-state index is -2.93. The van der Waals surface area contributed by atoms with Gasteiger partial charge >= 0.3 is 6.61 Å². The van der Waals surface area contributed by atoms with Gasteiger partial charge in [0.25, 0.3) is 0 Å². The molecule has 0 radical (unpaired) electrons. The maximum absolute atomic E-state index is 12.5. The fourth-order valence-corrected chi connectivity index (χ4v) is 2.63. The summed E-state index contributed by atoms with van der Waals surface area (Å²) in [7, 11) is 0. The molecule has 2 aromatic rings. The average Bonchev–Trinajstić information content (AvgIpc) is 2.63. The van der Waals surface area contributed by atoms with Gasteiger partial charge in [-0.1, -0.05) is 31.2 Å². The maximum atomic E-state index is 12.5. The molecular formula is C21H23F2NO3. The molecule has 4 nitrogen and oxygen atoms in total. The molecule has 0 saturated heterocycles. The van der Waals surface area contributed by atoms with Gasteiger partial charge in [0.15, 0.2) is 11.5 Å².